The van der Waals surface area contributed by atoms with Crippen LogP contribution < -0.4 is 5.32 Å². The van der Waals surface area contributed by atoms with Gasteiger partial charge >= 0.3 is 0 Å². The molecular formula is C9H21NO9S2. The van der Waals surface area contributed by atoms with Crippen LogP contribution in [0.1, 0.15) is 6.42 Å². The van der Waals surface area contributed by atoms with Crippen LogP contribution in [0.5, 0.6) is 0 Å². The summed E-state index contributed by atoms with van der Waals surface area (Å²) in [4.78, 5) is 4.04. The van der Waals surface area contributed by atoms with Crippen LogP contribution in [0.4, 0.5) is 0 Å². The second-order valence-corrected chi connectivity index (χ2v) is 7.30. The van der Waals surface area contributed by atoms with Crippen LogP contribution in [-0.4, -0.2) is 77.5 Å². The minimum absolute atomic E-state index is 0.0419. The summed E-state index contributed by atoms with van der Waals surface area (Å²) in [5.41, 5.74) is 0. The molecule has 0 saturated carbocycles. The predicted octanol–water partition coefficient (Wildman–Crippen LogP) is -1.86. The Morgan fingerprint density at radius 1 is 1.19 bits per heavy atom. The van der Waals surface area contributed by atoms with Crippen molar-refractivity contribution >= 4 is 20.2 Å². The van der Waals surface area contributed by atoms with Crippen molar-refractivity contribution in [1.82, 2.24) is 5.32 Å². The Labute approximate surface area is 124 Å². The average molecular weight is 351 g/mol. The van der Waals surface area contributed by atoms with Crippen LogP contribution in [0.25, 0.3) is 0 Å². The quantitative estimate of drug-likeness (QED) is 0.149. The van der Waals surface area contributed by atoms with Crippen molar-refractivity contribution in [3.05, 3.63) is 0 Å². The van der Waals surface area contributed by atoms with E-state index >= 15 is 0 Å². The minimum atomic E-state index is -3.99. The van der Waals surface area contributed by atoms with E-state index < -0.39 is 32.1 Å². The van der Waals surface area contributed by atoms with Crippen molar-refractivity contribution in [1.29, 1.82) is 0 Å². The largest absolute Gasteiger partial charge is 0.389 e. The lowest BCUT2D eigenvalue weighted by molar-refractivity contribution is -0.172. The highest BCUT2D eigenvalue weighted by molar-refractivity contribution is 7.86. The highest BCUT2D eigenvalue weighted by Gasteiger charge is 2.12. The number of hydrogen-bond acceptors (Lipinski definition) is 9. The van der Waals surface area contributed by atoms with Gasteiger partial charge in [0.05, 0.1) is 31.3 Å². The topological polar surface area (TPSA) is 148 Å². The van der Waals surface area contributed by atoms with Crippen molar-refractivity contribution in [2.75, 3.05) is 44.9 Å². The Balaban J connectivity index is 3.57. The van der Waals surface area contributed by atoms with Crippen molar-refractivity contribution in [2.45, 2.75) is 12.5 Å². The molecule has 0 aromatic rings. The molecule has 0 aromatic heterocycles. The molecular weight excluding hydrogens is 330 g/mol. The first kappa shape index (κ1) is 20.7. The van der Waals surface area contributed by atoms with Gasteiger partial charge in [-0.05, 0) is 6.42 Å². The third-order valence-corrected chi connectivity index (χ3v) is 3.93. The number of aliphatic hydroxyl groups is 1. The lowest BCUT2D eigenvalue weighted by atomic mass is 10.4. The summed E-state index contributed by atoms with van der Waals surface area (Å²) in [7, 11) is -6.66. The van der Waals surface area contributed by atoms with Crippen molar-refractivity contribution in [3.63, 3.8) is 0 Å². The van der Waals surface area contributed by atoms with Gasteiger partial charge in [0.25, 0.3) is 20.2 Å². The van der Waals surface area contributed by atoms with E-state index in [2.05, 4.69) is 14.5 Å². The standard InChI is InChI=1S/C9H21NO9S2/c1-17-19-21(15,16)6-3-10-7-9(11)8-18-4-2-5-20(12,13)14/h9-11H,2-8H2,1H3,(H,12,13,14). The predicted molar refractivity (Wildman–Crippen MR) is 72.6 cm³/mol. The van der Waals surface area contributed by atoms with Gasteiger partial charge in [0.15, 0.2) is 0 Å². The fourth-order valence-electron chi connectivity index (χ4n) is 1.23. The molecule has 0 aliphatic heterocycles. The molecule has 10 nitrogen and oxygen atoms in total. The second kappa shape index (κ2) is 10.4. The van der Waals surface area contributed by atoms with Gasteiger partial charge < -0.3 is 15.2 Å². The molecule has 0 aliphatic rings. The molecule has 0 spiro atoms. The van der Waals surface area contributed by atoms with Crippen LogP contribution in [0.3, 0.4) is 0 Å². The third-order valence-electron chi connectivity index (χ3n) is 2.08. The molecule has 12 heteroatoms. The number of rotatable bonds is 13. The monoisotopic (exact) mass is 351 g/mol. The number of ether oxygens (including phenoxy) is 1. The molecule has 0 bridgehead atoms. The van der Waals surface area contributed by atoms with Crippen LogP contribution in [0.2, 0.25) is 0 Å². The Kier molecular flexibility index (Phi) is 10.2. The highest BCUT2D eigenvalue weighted by atomic mass is 32.2. The summed E-state index contributed by atoms with van der Waals surface area (Å²) in [5.74, 6) is -0.721. The molecule has 0 heterocycles. The van der Waals surface area contributed by atoms with Crippen LogP contribution >= 0.6 is 0 Å². The van der Waals surface area contributed by atoms with Crippen LogP contribution in [0.15, 0.2) is 0 Å². The van der Waals surface area contributed by atoms with Crippen molar-refractivity contribution in [3.8, 4) is 0 Å². The maximum atomic E-state index is 11.1. The van der Waals surface area contributed by atoms with Gasteiger partial charge in [-0.15, -0.1) is 4.33 Å². The fraction of sp³-hybridized carbons (Fsp3) is 1.00. The highest BCUT2D eigenvalue weighted by Crippen LogP contribution is 1.93. The number of nitrogens with one attached hydrogen (secondary N) is 1. The molecule has 0 aromatic carbocycles. The molecule has 0 amide bonds. The second-order valence-electron chi connectivity index (χ2n) is 4.07. The summed E-state index contributed by atoms with van der Waals surface area (Å²) < 4.78 is 60.4. The van der Waals surface area contributed by atoms with Gasteiger partial charge in [-0.3, -0.25) is 4.55 Å². The van der Waals surface area contributed by atoms with Gasteiger partial charge in [0.2, 0.25) is 0 Å². The van der Waals surface area contributed by atoms with E-state index in [0.717, 1.165) is 7.11 Å². The SMILES string of the molecule is COOS(=O)(=O)CCNCC(O)COCCCS(=O)(=O)O. The Morgan fingerprint density at radius 3 is 2.43 bits per heavy atom. The molecule has 0 radical (unpaired) electrons. The van der Waals surface area contributed by atoms with E-state index in [1.54, 1.807) is 0 Å². The van der Waals surface area contributed by atoms with Gasteiger partial charge in [0.1, 0.15) is 0 Å². The molecule has 3 N–H and O–H groups in total. The maximum Gasteiger partial charge on any atom is 0.294 e. The van der Waals surface area contributed by atoms with E-state index in [-0.39, 0.29) is 38.5 Å². The lowest BCUT2D eigenvalue weighted by Gasteiger charge is -2.12. The van der Waals surface area contributed by atoms with E-state index in [4.69, 9.17) is 9.29 Å². The Hall–Kier alpha value is -0.340. The fourth-order valence-corrected chi connectivity index (χ4v) is 2.38. The van der Waals surface area contributed by atoms with Crippen molar-refractivity contribution < 1.29 is 40.5 Å². The van der Waals surface area contributed by atoms with E-state index in [0.29, 0.717) is 0 Å². The molecule has 128 valence electrons. The average Bonchev–Trinajstić information content (AvgIpc) is 2.33. The third kappa shape index (κ3) is 14.4. The minimum Gasteiger partial charge on any atom is -0.389 e. The Morgan fingerprint density at radius 2 is 1.86 bits per heavy atom. The van der Waals surface area contributed by atoms with E-state index in [1.165, 1.54) is 0 Å². The zero-order chi connectivity index (χ0) is 16.4. The molecule has 0 fully saturated rings. The van der Waals surface area contributed by atoms with E-state index in [1.807, 2.05) is 0 Å². The van der Waals surface area contributed by atoms with E-state index in [9.17, 15) is 21.9 Å². The zero-order valence-electron chi connectivity index (χ0n) is 11.6. The van der Waals surface area contributed by atoms with Gasteiger partial charge in [-0.25, -0.2) is 4.89 Å². The summed E-state index contributed by atoms with van der Waals surface area (Å²) in [5, 5.41) is 12.2. The first-order valence-corrected chi connectivity index (χ1v) is 9.21. The normalized spacial score (nSPS) is 14.2. The summed E-state index contributed by atoms with van der Waals surface area (Å²) in [6, 6.07) is 0. The molecule has 0 aliphatic carbocycles. The zero-order valence-corrected chi connectivity index (χ0v) is 13.2. The van der Waals surface area contributed by atoms with Gasteiger partial charge in [0, 0.05) is 19.7 Å². The van der Waals surface area contributed by atoms with Crippen LogP contribution in [0, 0.1) is 0 Å². The number of hydrogen-bond donors (Lipinski definition) is 3. The molecule has 21 heavy (non-hydrogen) atoms. The first-order chi connectivity index (χ1) is 9.66. The first-order valence-electron chi connectivity index (χ1n) is 6.03. The summed E-state index contributed by atoms with van der Waals surface area (Å²) >= 11 is 0. The van der Waals surface area contributed by atoms with Gasteiger partial charge in [-0.2, -0.15) is 16.8 Å². The maximum absolute atomic E-state index is 11.1. The summed E-state index contributed by atoms with van der Waals surface area (Å²) in [6.45, 7) is 0.193. The molecule has 1 atom stereocenters. The Bertz CT molecular complexity index is 462. The molecule has 0 rings (SSSR count). The lowest BCUT2D eigenvalue weighted by Crippen LogP contribution is -2.33. The molecule has 1 unspecified atom stereocenters. The van der Waals surface area contributed by atoms with Gasteiger partial charge in [-0.1, -0.05) is 0 Å². The van der Waals surface area contributed by atoms with Crippen molar-refractivity contribution in [2.24, 2.45) is 0 Å². The summed E-state index contributed by atoms with van der Waals surface area (Å²) in [6.07, 6.45) is -0.757. The smallest absolute Gasteiger partial charge is 0.294 e. The molecule has 0 saturated heterocycles. The van der Waals surface area contributed by atoms with Crippen LogP contribution in [-0.2, 0) is 34.2 Å². The number of aliphatic hydroxyl groups excluding tert-OH is 1.